The number of thioether (sulfide) groups is 1. The largest absolute Gasteiger partial charge is 0.416 e. The number of nitrogens with two attached hydrogens (primary N) is 1. The second kappa shape index (κ2) is 6.39. The summed E-state index contributed by atoms with van der Waals surface area (Å²) in [4.78, 5) is 0.691. The van der Waals surface area contributed by atoms with E-state index in [0.29, 0.717) is 17.4 Å². The van der Waals surface area contributed by atoms with E-state index in [2.05, 4.69) is 0 Å². The fourth-order valence-corrected chi connectivity index (χ4v) is 3.37. The lowest BCUT2D eigenvalue weighted by atomic mass is 9.78. The van der Waals surface area contributed by atoms with E-state index in [0.717, 1.165) is 31.2 Å². The van der Waals surface area contributed by atoms with Gasteiger partial charge in [0.25, 0.3) is 0 Å². The van der Waals surface area contributed by atoms with Gasteiger partial charge < -0.3 is 5.73 Å². The number of hydrogen-bond acceptors (Lipinski definition) is 2. The smallest absolute Gasteiger partial charge is 0.330 e. The van der Waals surface area contributed by atoms with Crippen molar-refractivity contribution in [3.8, 4) is 0 Å². The Morgan fingerprint density at radius 1 is 1.15 bits per heavy atom. The highest BCUT2D eigenvalue weighted by Crippen LogP contribution is 2.39. The van der Waals surface area contributed by atoms with Crippen LogP contribution in [0.5, 0.6) is 0 Å². The predicted molar refractivity (Wildman–Crippen MR) is 77.0 cm³/mol. The monoisotopic (exact) mass is 303 g/mol. The highest BCUT2D eigenvalue weighted by atomic mass is 32.2. The molecular formula is C15H20F3NS. The van der Waals surface area contributed by atoms with Crippen molar-refractivity contribution in [1.82, 2.24) is 0 Å². The van der Waals surface area contributed by atoms with Crippen LogP contribution in [0.15, 0.2) is 23.1 Å². The summed E-state index contributed by atoms with van der Waals surface area (Å²) >= 11 is 1.36. The van der Waals surface area contributed by atoms with Crippen molar-refractivity contribution in [3.63, 3.8) is 0 Å². The van der Waals surface area contributed by atoms with E-state index in [1.807, 2.05) is 12.3 Å². The molecule has 0 aliphatic heterocycles. The molecule has 1 aromatic rings. The molecule has 2 N–H and O–H groups in total. The Bertz CT molecular complexity index is 451. The van der Waals surface area contributed by atoms with Crippen molar-refractivity contribution in [3.05, 3.63) is 29.3 Å². The molecule has 0 aromatic heterocycles. The normalized spacial score (nSPS) is 23.9. The van der Waals surface area contributed by atoms with Gasteiger partial charge >= 0.3 is 6.18 Å². The first-order valence-corrected chi connectivity index (χ1v) is 8.12. The molecule has 1 nitrogen and oxygen atoms in total. The molecule has 0 atom stereocenters. The standard InChI is InChI=1S/C15H20F3NS/c1-20-14-7-12(6-13(8-14)15(16,17)18)11-4-2-10(9-19)3-5-11/h6-8,10-11H,2-5,9,19H2,1H3. The van der Waals surface area contributed by atoms with Crippen LogP contribution in [0.3, 0.4) is 0 Å². The molecule has 1 aromatic carbocycles. The first-order chi connectivity index (χ1) is 9.44. The summed E-state index contributed by atoms with van der Waals surface area (Å²) in [5, 5.41) is 0. The Morgan fingerprint density at radius 2 is 1.80 bits per heavy atom. The van der Waals surface area contributed by atoms with Gasteiger partial charge in [0.1, 0.15) is 0 Å². The molecular weight excluding hydrogens is 283 g/mol. The van der Waals surface area contributed by atoms with Gasteiger partial charge in [-0.05, 0) is 74.1 Å². The van der Waals surface area contributed by atoms with Crippen molar-refractivity contribution in [2.24, 2.45) is 11.7 Å². The van der Waals surface area contributed by atoms with E-state index < -0.39 is 11.7 Å². The molecule has 1 saturated carbocycles. The fraction of sp³-hybridized carbons (Fsp3) is 0.600. The summed E-state index contributed by atoms with van der Waals surface area (Å²) in [6, 6.07) is 4.47. The lowest BCUT2D eigenvalue weighted by Gasteiger charge is -2.28. The molecule has 1 aliphatic rings. The van der Waals surface area contributed by atoms with Gasteiger partial charge in [0.05, 0.1) is 5.56 Å². The maximum absolute atomic E-state index is 12.9. The van der Waals surface area contributed by atoms with E-state index in [9.17, 15) is 13.2 Å². The second-order valence-electron chi connectivity index (χ2n) is 5.45. The average Bonchev–Trinajstić information content (AvgIpc) is 2.46. The van der Waals surface area contributed by atoms with Gasteiger partial charge in [-0.3, -0.25) is 0 Å². The summed E-state index contributed by atoms with van der Waals surface area (Å²) in [7, 11) is 0. The van der Waals surface area contributed by atoms with E-state index in [1.165, 1.54) is 23.9 Å². The molecule has 1 aliphatic carbocycles. The van der Waals surface area contributed by atoms with Gasteiger partial charge in [0, 0.05) is 4.90 Å². The van der Waals surface area contributed by atoms with Gasteiger partial charge in [-0.25, -0.2) is 0 Å². The third kappa shape index (κ3) is 3.70. The molecule has 112 valence electrons. The SMILES string of the molecule is CSc1cc(C2CCC(CN)CC2)cc(C(F)(F)F)c1. The minimum Gasteiger partial charge on any atom is -0.330 e. The molecule has 0 amide bonds. The first-order valence-electron chi connectivity index (χ1n) is 6.90. The number of hydrogen-bond donors (Lipinski definition) is 1. The minimum absolute atomic E-state index is 0.242. The van der Waals surface area contributed by atoms with Gasteiger partial charge in [0.15, 0.2) is 0 Å². The Hall–Kier alpha value is -0.680. The minimum atomic E-state index is -4.27. The molecule has 20 heavy (non-hydrogen) atoms. The summed E-state index contributed by atoms with van der Waals surface area (Å²) in [6.45, 7) is 0.686. The summed E-state index contributed by atoms with van der Waals surface area (Å²) in [5.41, 5.74) is 5.97. The van der Waals surface area contributed by atoms with Crippen LogP contribution in [-0.2, 0) is 6.18 Å². The van der Waals surface area contributed by atoms with Crippen LogP contribution in [0.1, 0.15) is 42.7 Å². The molecule has 2 rings (SSSR count). The zero-order chi connectivity index (χ0) is 14.8. The molecule has 5 heteroatoms. The second-order valence-corrected chi connectivity index (χ2v) is 6.33. The number of alkyl halides is 3. The highest BCUT2D eigenvalue weighted by Gasteiger charge is 2.32. The Labute approximate surface area is 122 Å². The third-order valence-electron chi connectivity index (χ3n) is 4.14. The van der Waals surface area contributed by atoms with Crippen LogP contribution < -0.4 is 5.73 Å². The van der Waals surface area contributed by atoms with Crippen molar-refractivity contribution in [2.45, 2.75) is 42.7 Å². The number of benzene rings is 1. The Balaban J connectivity index is 2.23. The Morgan fingerprint density at radius 3 is 2.30 bits per heavy atom. The lowest BCUT2D eigenvalue weighted by molar-refractivity contribution is -0.137. The Kier molecular flexibility index (Phi) is 5.02. The molecule has 0 saturated heterocycles. The third-order valence-corrected chi connectivity index (χ3v) is 4.85. The topological polar surface area (TPSA) is 26.0 Å². The summed E-state index contributed by atoms with van der Waals surface area (Å²) in [5.74, 6) is 0.781. The van der Waals surface area contributed by atoms with Crippen molar-refractivity contribution in [2.75, 3.05) is 12.8 Å². The molecule has 0 bridgehead atoms. The highest BCUT2D eigenvalue weighted by molar-refractivity contribution is 7.98. The van der Waals surface area contributed by atoms with Crippen molar-refractivity contribution >= 4 is 11.8 Å². The van der Waals surface area contributed by atoms with E-state index >= 15 is 0 Å². The van der Waals surface area contributed by atoms with E-state index in [1.54, 1.807) is 0 Å². The maximum atomic E-state index is 12.9. The van der Waals surface area contributed by atoms with Crippen LogP contribution in [0.25, 0.3) is 0 Å². The lowest BCUT2D eigenvalue weighted by Crippen LogP contribution is -2.20. The van der Waals surface area contributed by atoms with Crippen LogP contribution in [0.2, 0.25) is 0 Å². The molecule has 0 unspecified atom stereocenters. The maximum Gasteiger partial charge on any atom is 0.416 e. The van der Waals surface area contributed by atoms with E-state index in [4.69, 9.17) is 5.73 Å². The van der Waals surface area contributed by atoms with Gasteiger partial charge in [-0.2, -0.15) is 13.2 Å². The van der Waals surface area contributed by atoms with Gasteiger partial charge in [-0.15, -0.1) is 11.8 Å². The van der Waals surface area contributed by atoms with Crippen molar-refractivity contribution < 1.29 is 13.2 Å². The zero-order valence-electron chi connectivity index (χ0n) is 11.5. The summed E-state index contributed by atoms with van der Waals surface area (Å²) < 4.78 is 38.8. The molecule has 0 heterocycles. The predicted octanol–water partition coefficient (Wildman–Crippen LogP) is 4.66. The van der Waals surface area contributed by atoms with E-state index in [-0.39, 0.29) is 5.92 Å². The summed E-state index contributed by atoms with van der Waals surface area (Å²) in [6.07, 6.45) is 1.46. The number of rotatable bonds is 3. The van der Waals surface area contributed by atoms with Crippen LogP contribution in [0.4, 0.5) is 13.2 Å². The zero-order valence-corrected chi connectivity index (χ0v) is 12.4. The van der Waals surface area contributed by atoms with Crippen LogP contribution >= 0.6 is 11.8 Å². The molecule has 1 fully saturated rings. The van der Waals surface area contributed by atoms with Crippen molar-refractivity contribution in [1.29, 1.82) is 0 Å². The molecule has 0 spiro atoms. The van der Waals surface area contributed by atoms with Crippen LogP contribution in [-0.4, -0.2) is 12.8 Å². The van der Waals surface area contributed by atoms with Gasteiger partial charge in [0.2, 0.25) is 0 Å². The van der Waals surface area contributed by atoms with Crippen LogP contribution in [0, 0.1) is 5.92 Å². The average molecular weight is 303 g/mol. The molecule has 0 radical (unpaired) electrons. The fourth-order valence-electron chi connectivity index (χ4n) is 2.87. The van der Waals surface area contributed by atoms with Gasteiger partial charge in [-0.1, -0.05) is 0 Å². The number of halogens is 3. The quantitative estimate of drug-likeness (QED) is 0.822. The first kappa shape index (κ1) is 15.7.